The van der Waals surface area contributed by atoms with Gasteiger partial charge in [-0.15, -0.1) is 0 Å². The van der Waals surface area contributed by atoms with Crippen molar-refractivity contribution in [1.82, 2.24) is 9.29 Å². The van der Waals surface area contributed by atoms with Gasteiger partial charge in [0.1, 0.15) is 0 Å². The molecule has 2 aromatic carbocycles. The minimum atomic E-state index is -3.58. The van der Waals surface area contributed by atoms with Crippen LogP contribution in [0.5, 0.6) is 0 Å². The van der Waals surface area contributed by atoms with Crippen LogP contribution in [-0.2, 0) is 16.4 Å². The highest BCUT2D eigenvalue weighted by atomic mass is 32.2. The number of hydrogen-bond donors (Lipinski definition) is 1. The van der Waals surface area contributed by atoms with Crippen molar-refractivity contribution in [1.29, 1.82) is 0 Å². The van der Waals surface area contributed by atoms with Crippen LogP contribution in [-0.4, -0.2) is 36.7 Å². The first-order valence-corrected chi connectivity index (χ1v) is 13.5. The number of anilines is 1. The maximum absolute atomic E-state index is 13.3. The number of sulfonamides is 1. The maximum Gasteiger partial charge on any atom is 0.257 e. The zero-order valence-electron chi connectivity index (χ0n) is 18.9. The molecule has 0 unspecified atom stereocenters. The van der Waals surface area contributed by atoms with Crippen LogP contribution in [0.2, 0.25) is 0 Å². The molecule has 0 atom stereocenters. The van der Waals surface area contributed by atoms with Gasteiger partial charge in [0.05, 0.1) is 15.1 Å². The SMILES string of the molecule is CCCCN(CCCC)S(=O)(=O)c1ccc2nc(NC(=O)c3ccc(CC)cc3)sc2c1. The number of nitrogens with zero attached hydrogens (tertiary/aromatic N) is 2. The standard InChI is InChI=1S/C24H31N3O3S2/c1-4-7-15-27(16-8-5-2)32(29,30)20-13-14-21-22(17-20)31-24(25-21)26-23(28)19-11-9-18(6-3)10-12-19/h9-14,17H,4-8,15-16H2,1-3H3,(H,25,26,28). The quantitative estimate of drug-likeness (QED) is 0.387. The van der Waals surface area contributed by atoms with Crippen molar-refractivity contribution in [3.05, 3.63) is 53.6 Å². The highest BCUT2D eigenvalue weighted by Crippen LogP contribution is 2.30. The third-order valence-corrected chi connectivity index (χ3v) is 8.19. The number of thiazole rings is 1. The van der Waals surface area contributed by atoms with Gasteiger partial charge in [0.2, 0.25) is 10.0 Å². The van der Waals surface area contributed by atoms with Crippen LogP contribution < -0.4 is 5.32 Å². The number of unbranched alkanes of at least 4 members (excludes halogenated alkanes) is 2. The fourth-order valence-corrected chi connectivity index (χ4v) is 5.87. The van der Waals surface area contributed by atoms with Crippen LogP contribution in [0.15, 0.2) is 47.4 Å². The molecule has 1 N–H and O–H groups in total. The zero-order chi connectivity index (χ0) is 23.1. The van der Waals surface area contributed by atoms with Crippen LogP contribution in [0.1, 0.15) is 62.4 Å². The topological polar surface area (TPSA) is 79.4 Å². The van der Waals surface area contributed by atoms with Crippen molar-refractivity contribution in [2.45, 2.75) is 57.8 Å². The van der Waals surface area contributed by atoms with Crippen molar-refractivity contribution < 1.29 is 13.2 Å². The Labute approximate surface area is 194 Å². The van der Waals surface area contributed by atoms with Crippen molar-refractivity contribution in [2.75, 3.05) is 18.4 Å². The highest BCUT2D eigenvalue weighted by molar-refractivity contribution is 7.89. The van der Waals surface area contributed by atoms with Crippen molar-refractivity contribution in [3.8, 4) is 0 Å². The van der Waals surface area contributed by atoms with Gasteiger partial charge in [0.15, 0.2) is 5.13 Å². The molecule has 3 rings (SSSR count). The summed E-state index contributed by atoms with van der Waals surface area (Å²) in [7, 11) is -3.58. The second kappa shape index (κ2) is 11.0. The van der Waals surface area contributed by atoms with Crippen molar-refractivity contribution in [3.63, 3.8) is 0 Å². The lowest BCUT2D eigenvalue weighted by molar-refractivity contribution is 0.102. The number of aromatic nitrogens is 1. The van der Waals surface area contributed by atoms with E-state index in [1.54, 1.807) is 34.6 Å². The number of amides is 1. The van der Waals surface area contributed by atoms with Gasteiger partial charge in [0, 0.05) is 18.7 Å². The Morgan fingerprint density at radius 2 is 1.66 bits per heavy atom. The first kappa shape index (κ1) is 24.4. The minimum Gasteiger partial charge on any atom is -0.298 e. The van der Waals surface area contributed by atoms with E-state index < -0.39 is 10.0 Å². The molecule has 0 spiro atoms. The summed E-state index contributed by atoms with van der Waals surface area (Å²) < 4.78 is 28.8. The van der Waals surface area contributed by atoms with E-state index in [2.05, 4.69) is 31.1 Å². The summed E-state index contributed by atoms with van der Waals surface area (Å²) in [4.78, 5) is 17.3. The maximum atomic E-state index is 13.3. The largest absolute Gasteiger partial charge is 0.298 e. The second-order valence-corrected chi connectivity index (χ2v) is 10.7. The van der Waals surface area contributed by atoms with Crippen molar-refractivity contribution >= 4 is 42.6 Å². The second-order valence-electron chi connectivity index (χ2n) is 7.76. The Morgan fingerprint density at radius 3 is 2.25 bits per heavy atom. The van der Waals surface area contributed by atoms with Gasteiger partial charge in [-0.3, -0.25) is 10.1 Å². The van der Waals surface area contributed by atoms with Crippen molar-refractivity contribution in [2.24, 2.45) is 0 Å². The fraction of sp³-hybridized carbons (Fsp3) is 0.417. The average Bonchev–Trinajstić information content (AvgIpc) is 3.20. The number of carbonyl (C=O) groups is 1. The molecule has 0 aliphatic rings. The Balaban J connectivity index is 1.81. The molecular formula is C24H31N3O3S2. The molecule has 0 aliphatic heterocycles. The molecule has 0 fully saturated rings. The lowest BCUT2D eigenvalue weighted by Gasteiger charge is -2.21. The van der Waals surface area contributed by atoms with Gasteiger partial charge in [-0.05, 0) is 55.2 Å². The van der Waals surface area contributed by atoms with E-state index >= 15 is 0 Å². The number of benzene rings is 2. The highest BCUT2D eigenvalue weighted by Gasteiger charge is 2.24. The van der Waals surface area contributed by atoms with Crippen LogP contribution in [0.25, 0.3) is 10.2 Å². The van der Waals surface area contributed by atoms with E-state index in [9.17, 15) is 13.2 Å². The molecule has 0 radical (unpaired) electrons. The van der Waals surface area contributed by atoms with Crippen LogP contribution >= 0.6 is 11.3 Å². The van der Waals surface area contributed by atoms with Crippen LogP contribution in [0, 0.1) is 0 Å². The fourth-order valence-electron chi connectivity index (χ4n) is 3.35. The lowest BCUT2D eigenvalue weighted by atomic mass is 10.1. The Morgan fingerprint density at radius 1 is 1.00 bits per heavy atom. The molecule has 0 saturated heterocycles. The van der Waals surface area contributed by atoms with E-state index in [0.717, 1.165) is 36.8 Å². The number of hydrogen-bond acceptors (Lipinski definition) is 5. The van der Waals surface area contributed by atoms with Crippen LogP contribution in [0.4, 0.5) is 5.13 Å². The summed E-state index contributed by atoms with van der Waals surface area (Å²) in [5.74, 6) is -0.232. The molecule has 3 aromatic rings. The molecule has 32 heavy (non-hydrogen) atoms. The van der Waals surface area contributed by atoms with E-state index in [1.165, 1.54) is 16.9 Å². The third kappa shape index (κ3) is 5.74. The molecule has 1 aromatic heterocycles. The molecule has 1 amide bonds. The van der Waals surface area contributed by atoms with Gasteiger partial charge in [-0.1, -0.05) is 57.1 Å². The van der Waals surface area contributed by atoms with E-state index in [-0.39, 0.29) is 10.8 Å². The van der Waals surface area contributed by atoms with E-state index in [4.69, 9.17) is 0 Å². The summed E-state index contributed by atoms with van der Waals surface area (Å²) in [6.45, 7) is 7.23. The normalized spacial score (nSPS) is 11.9. The van der Waals surface area contributed by atoms with Gasteiger partial charge in [0.25, 0.3) is 5.91 Å². The smallest absolute Gasteiger partial charge is 0.257 e. The Kier molecular flexibility index (Phi) is 8.39. The first-order chi connectivity index (χ1) is 15.4. The third-order valence-electron chi connectivity index (χ3n) is 5.36. The number of nitrogens with one attached hydrogen (secondary N) is 1. The Bertz CT molecular complexity index is 1150. The molecule has 172 valence electrons. The number of aryl methyl sites for hydroxylation is 1. The molecule has 1 heterocycles. The summed E-state index contributed by atoms with van der Waals surface area (Å²) in [5, 5.41) is 3.28. The summed E-state index contributed by atoms with van der Waals surface area (Å²) in [5.41, 5.74) is 2.40. The monoisotopic (exact) mass is 473 g/mol. The minimum absolute atomic E-state index is 0.232. The predicted molar refractivity (Wildman–Crippen MR) is 132 cm³/mol. The van der Waals surface area contributed by atoms with Gasteiger partial charge >= 0.3 is 0 Å². The predicted octanol–water partition coefficient (Wildman–Crippen LogP) is 5.70. The summed E-state index contributed by atoms with van der Waals surface area (Å²) in [6.07, 6.45) is 4.47. The Hall–Kier alpha value is -2.29. The number of rotatable bonds is 11. The number of fused-ring (bicyclic) bond motifs is 1. The molecule has 0 aliphatic carbocycles. The van der Waals surface area contributed by atoms with Crippen LogP contribution in [0.3, 0.4) is 0 Å². The summed E-state index contributed by atoms with van der Waals surface area (Å²) >= 11 is 1.28. The van der Waals surface area contributed by atoms with E-state index in [0.29, 0.717) is 29.3 Å². The van der Waals surface area contributed by atoms with Gasteiger partial charge in [-0.25, -0.2) is 13.4 Å². The first-order valence-electron chi connectivity index (χ1n) is 11.2. The number of carbonyl (C=O) groups excluding carboxylic acids is 1. The zero-order valence-corrected chi connectivity index (χ0v) is 20.6. The van der Waals surface area contributed by atoms with Gasteiger partial charge in [-0.2, -0.15) is 4.31 Å². The lowest BCUT2D eigenvalue weighted by Crippen LogP contribution is -2.33. The average molecular weight is 474 g/mol. The van der Waals surface area contributed by atoms with E-state index in [1.807, 2.05) is 12.1 Å². The van der Waals surface area contributed by atoms with Gasteiger partial charge < -0.3 is 0 Å². The molecule has 8 heteroatoms. The molecular weight excluding hydrogens is 442 g/mol. The molecule has 0 bridgehead atoms. The molecule has 6 nitrogen and oxygen atoms in total. The summed E-state index contributed by atoms with van der Waals surface area (Å²) in [6, 6.07) is 12.5. The molecule has 0 saturated carbocycles.